The fraction of sp³-hybridized carbons (Fsp3) is 0.600. The van der Waals surface area contributed by atoms with Crippen LogP contribution < -0.4 is 5.32 Å². The van der Waals surface area contributed by atoms with Crippen molar-refractivity contribution in [3.05, 3.63) is 28.2 Å². The Morgan fingerprint density at radius 3 is 2.71 bits per heavy atom. The van der Waals surface area contributed by atoms with E-state index < -0.39 is 0 Å². The van der Waals surface area contributed by atoms with E-state index >= 15 is 0 Å². The topological polar surface area (TPSA) is 12.0 Å². The predicted octanol–water partition coefficient (Wildman–Crippen LogP) is 4.78. The molecule has 92 valence electrons. The lowest BCUT2D eigenvalue weighted by Gasteiger charge is -2.30. The van der Waals surface area contributed by atoms with Crippen molar-refractivity contribution in [2.75, 3.05) is 11.9 Å². The molecule has 1 N–H and O–H groups in total. The van der Waals surface area contributed by atoms with Gasteiger partial charge in [-0.15, -0.1) is 0 Å². The first-order valence-corrected chi connectivity index (χ1v) is 7.57. The Morgan fingerprint density at radius 1 is 1.18 bits per heavy atom. The Bertz CT molecular complexity index is 407. The highest BCUT2D eigenvalue weighted by Gasteiger charge is 2.32. The van der Waals surface area contributed by atoms with E-state index in [1.807, 2.05) is 0 Å². The highest BCUT2D eigenvalue weighted by Crippen LogP contribution is 2.45. The average Bonchev–Trinajstić information content (AvgIpc) is 2.75. The van der Waals surface area contributed by atoms with Gasteiger partial charge in [-0.1, -0.05) is 31.9 Å². The molecule has 0 radical (unpaired) electrons. The van der Waals surface area contributed by atoms with Gasteiger partial charge >= 0.3 is 0 Å². The molecule has 1 heterocycles. The maximum Gasteiger partial charge on any atom is 0.0521 e. The molecule has 0 spiro atoms. The molecule has 1 fully saturated rings. The van der Waals surface area contributed by atoms with Crippen LogP contribution in [0.3, 0.4) is 0 Å². The summed E-state index contributed by atoms with van der Waals surface area (Å²) in [6, 6.07) is 6.62. The van der Waals surface area contributed by atoms with Gasteiger partial charge in [-0.2, -0.15) is 0 Å². The molecule has 1 atom stereocenters. The number of hydrogen-bond donors (Lipinski definition) is 1. The smallest absolute Gasteiger partial charge is 0.0521 e. The van der Waals surface area contributed by atoms with Crippen LogP contribution in [0.2, 0.25) is 0 Å². The molecule has 17 heavy (non-hydrogen) atoms. The number of rotatable bonds is 1. The lowest BCUT2D eigenvalue weighted by molar-refractivity contribution is 0.261. The van der Waals surface area contributed by atoms with E-state index in [-0.39, 0.29) is 0 Å². The highest BCUT2D eigenvalue weighted by atomic mass is 79.9. The predicted molar refractivity (Wildman–Crippen MR) is 76.5 cm³/mol. The largest absolute Gasteiger partial charge is 0.383 e. The summed E-state index contributed by atoms with van der Waals surface area (Å²) in [4.78, 5) is 0. The highest BCUT2D eigenvalue weighted by molar-refractivity contribution is 9.10. The summed E-state index contributed by atoms with van der Waals surface area (Å²) < 4.78 is 1.22. The molecule has 0 amide bonds. The second-order valence-electron chi connectivity index (χ2n) is 5.71. The maximum absolute atomic E-state index is 3.65. The van der Waals surface area contributed by atoms with Gasteiger partial charge in [0.2, 0.25) is 0 Å². The lowest BCUT2D eigenvalue weighted by atomic mass is 9.75. The molecule has 1 unspecified atom stereocenters. The number of nitrogens with one attached hydrogen (secondary N) is 1. The summed E-state index contributed by atoms with van der Waals surface area (Å²) >= 11 is 3.65. The lowest BCUT2D eigenvalue weighted by Crippen LogP contribution is -2.20. The van der Waals surface area contributed by atoms with E-state index in [1.165, 1.54) is 35.8 Å². The maximum atomic E-state index is 3.65. The van der Waals surface area contributed by atoms with E-state index in [1.54, 1.807) is 5.56 Å². The zero-order valence-electron chi connectivity index (χ0n) is 10.4. The van der Waals surface area contributed by atoms with E-state index in [4.69, 9.17) is 0 Å². The van der Waals surface area contributed by atoms with Gasteiger partial charge in [-0.3, -0.25) is 0 Å². The quantitative estimate of drug-likeness (QED) is 0.785. The van der Waals surface area contributed by atoms with Gasteiger partial charge in [0, 0.05) is 16.9 Å². The third kappa shape index (κ3) is 2.12. The van der Waals surface area contributed by atoms with Crippen molar-refractivity contribution in [3.63, 3.8) is 0 Å². The standard InChI is InChI=1S/C15H20BrN/c1-10-5-7-11(8-6-10)13-9-17-15-12(13)3-2-4-14(15)16/h2-4,10-11,13,17H,5-9H2,1H3. The summed E-state index contributed by atoms with van der Waals surface area (Å²) in [5.74, 6) is 2.59. The minimum atomic E-state index is 0.745. The molecule has 0 bridgehead atoms. The number of hydrogen-bond acceptors (Lipinski definition) is 1. The summed E-state index contributed by atoms with van der Waals surface area (Å²) in [6.45, 7) is 3.53. The van der Waals surface area contributed by atoms with E-state index in [0.717, 1.165) is 24.3 Å². The van der Waals surface area contributed by atoms with Crippen molar-refractivity contribution < 1.29 is 0 Å². The van der Waals surface area contributed by atoms with Gasteiger partial charge in [-0.25, -0.2) is 0 Å². The van der Waals surface area contributed by atoms with E-state index in [9.17, 15) is 0 Å². The third-order valence-electron chi connectivity index (χ3n) is 4.57. The van der Waals surface area contributed by atoms with Crippen molar-refractivity contribution in [1.29, 1.82) is 0 Å². The van der Waals surface area contributed by atoms with Crippen molar-refractivity contribution in [1.82, 2.24) is 0 Å². The molecule has 3 rings (SSSR count). The Balaban J connectivity index is 1.82. The number of fused-ring (bicyclic) bond motifs is 1. The first-order valence-electron chi connectivity index (χ1n) is 6.78. The van der Waals surface area contributed by atoms with Crippen molar-refractivity contribution in [3.8, 4) is 0 Å². The van der Waals surface area contributed by atoms with Crippen LogP contribution in [0.1, 0.15) is 44.1 Å². The minimum Gasteiger partial charge on any atom is -0.383 e. The van der Waals surface area contributed by atoms with Gasteiger partial charge in [0.05, 0.1) is 5.69 Å². The molecule has 1 saturated carbocycles. The van der Waals surface area contributed by atoms with Crippen molar-refractivity contribution >= 4 is 21.6 Å². The number of anilines is 1. The molecule has 2 aliphatic rings. The van der Waals surface area contributed by atoms with E-state index in [0.29, 0.717) is 0 Å². The zero-order chi connectivity index (χ0) is 11.8. The Labute approximate surface area is 112 Å². The molecule has 0 aromatic heterocycles. The number of halogens is 1. The average molecular weight is 294 g/mol. The normalized spacial score (nSPS) is 32.0. The summed E-state index contributed by atoms with van der Waals surface area (Å²) in [7, 11) is 0. The monoisotopic (exact) mass is 293 g/mol. The Kier molecular flexibility index (Phi) is 3.16. The van der Waals surface area contributed by atoms with Crippen LogP contribution in [0.4, 0.5) is 5.69 Å². The van der Waals surface area contributed by atoms with Gasteiger partial charge in [-0.05, 0) is 52.2 Å². The van der Waals surface area contributed by atoms with Crippen molar-refractivity contribution in [2.45, 2.75) is 38.5 Å². The van der Waals surface area contributed by atoms with Crippen LogP contribution >= 0.6 is 15.9 Å². The Morgan fingerprint density at radius 2 is 1.94 bits per heavy atom. The second-order valence-corrected chi connectivity index (χ2v) is 6.57. The Hall–Kier alpha value is -0.500. The second kappa shape index (κ2) is 4.64. The summed E-state index contributed by atoms with van der Waals surface area (Å²) in [6.07, 6.45) is 5.67. The van der Waals surface area contributed by atoms with Crippen LogP contribution in [-0.2, 0) is 0 Å². The molecule has 1 aliphatic carbocycles. The molecule has 0 saturated heterocycles. The van der Waals surface area contributed by atoms with Gasteiger partial charge in [0.1, 0.15) is 0 Å². The zero-order valence-corrected chi connectivity index (χ0v) is 12.0. The van der Waals surface area contributed by atoms with Gasteiger partial charge < -0.3 is 5.32 Å². The van der Waals surface area contributed by atoms with Gasteiger partial charge in [0.15, 0.2) is 0 Å². The van der Waals surface area contributed by atoms with Crippen LogP contribution in [0.25, 0.3) is 0 Å². The van der Waals surface area contributed by atoms with Gasteiger partial charge in [0.25, 0.3) is 0 Å². The van der Waals surface area contributed by atoms with Crippen LogP contribution in [0.5, 0.6) is 0 Å². The number of benzene rings is 1. The molecule has 1 aliphatic heterocycles. The van der Waals surface area contributed by atoms with Crippen molar-refractivity contribution in [2.24, 2.45) is 11.8 Å². The molecule has 1 nitrogen and oxygen atoms in total. The fourth-order valence-electron chi connectivity index (χ4n) is 3.47. The SMILES string of the molecule is CC1CCC(C2CNc3c(Br)cccc32)CC1. The summed E-state index contributed by atoms with van der Waals surface area (Å²) in [5.41, 5.74) is 2.88. The van der Waals surface area contributed by atoms with Crippen LogP contribution in [0.15, 0.2) is 22.7 Å². The minimum absolute atomic E-state index is 0.745. The fourth-order valence-corrected chi connectivity index (χ4v) is 3.99. The molecule has 1 aromatic carbocycles. The molecular weight excluding hydrogens is 274 g/mol. The molecular formula is C15H20BrN. The molecule has 1 aromatic rings. The summed E-state index contributed by atoms with van der Waals surface area (Å²) in [5, 5.41) is 3.58. The van der Waals surface area contributed by atoms with Crippen LogP contribution in [-0.4, -0.2) is 6.54 Å². The van der Waals surface area contributed by atoms with E-state index in [2.05, 4.69) is 46.4 Å². The molecule has 2 heteroatoms. The third-order valence-corrected chi connectivity index (χ3v) is 5.23. The number of para-hydroxylation sites is 1. The van der Waals surface area contributed by atoms with Crippen LogP contribution in [0, 0.1) is 11.8 Å². The first-order chi connectivity index (χ1) is 8.25. The first kappa shape index (κ1) is 11.6.